The lowest BCUT2D eigenvalue weighted by Crippen LogP contribution is -2.47. The van der Waals surface area contributed by atoms with Crippen LogP contribution >= 0.6 is 0 Å². The van der Waals surface area contributed by atoms with Gasteiger partial charge in [-0.25, -0.2) is 4.79 Å². The van der Waals surface area contributed by atoms with Crippen molar-refractivity contribution in [3.05, 3.63) is 0 Å². The van der Waals surface area contributed by atoms with E-state index >= 15 is 0 Å². The number of likely N-dealkylation sites (tertiary alicyclic amines) is 1. The van der Waals surface area contributed by atoms with E-state index in [2.05, 4.69) is 6.92 Å². The first kappa shape index (κ1) is 12.3. The molecule has 2 amide bonds. The number of piperidine rings is 1. The molecule has 0 aromatic carbocycles. The van der Waals surface area contributed by atoms with Gasteiger partial charge in [-0.05, 0) is 18.8 Å². The molecule has 1 aliphatic heterocycles. The SMILES string of the molecule is CC1CCCN(C(=O)N(CC#N)CC#N)C1. The molecule has 0 bridgehead atoms. The minimum atomic E-state index is -0.186. The standard InChI is InChI=1S/C11H16N4O/c1-10-3-2-6-15(9-10)11(16)14(7-4-12)8-5-13/h10H,2-3,6-9H2,1H3. The number of nitrogens with zero attached hydrogens (tertiary/aromatic N) is 4. The maximum atomic E-state index is 12.0. The summed E-state index contributed by atoms with van der Waals surface area (Å²) >= 11 is 0. The third-order valence-corrected chi connectivity index (χ3v) is 2.72. The summed E-state index contributed by atoms with van der Waals surface area (Å²) in [5.41, 5.74) is 0. The molecule has 1 heterocycles. The Bertz CT molecular complexity index is 312. The van der Waals surface area contributed by atoms with Crippen LogP contribution in [-0.4, -0.2) is 42.0 Å². The van der Waals surface area contributed by atoms with Crippen molar-refractivity contribution in [1.29, 1.82) is 10.5 Å². The second-order valence-corrected chi connectivity index (χ2v) is 4.15. The van der Waals surface area contributed by atoms with Crippen LogP contribution in [0.4, 0.5) is 4.79 Å². The van der Waals surface area contributed by atoms with Crippen molar-refractivity contribution in [3.63, 3.8) is 0 Å². The summed E-state index contributed by atoms with van der Waals surface area (Å²) in [7, 11) is 0. The van der Waals surface area contributed by atoms with Crippen molar-refractivity contribution in [1.82, 2.24) is 9.80 Å². The van der Waals surface area contributed by atoms with Gasteiger partial charge in [-0.2, -0.15) is 10.5 Å². The fraction of sp³-hybridized carbons (Fsp3) is 0.727. The summed E-state index contributed by atoms with van der Waals surface area (Å²) in [6, 6.07) is 3.64. The van der Waals surface area contributed by atoms with Gasteiger partial charge in [0.1, 0.15) is 13.1 Å². The number of nitriles is 2. The fourth-order valence-corrected chi connectivity index (χ4v) is 1.93. The lowest BCUT2D eigenvalue weighted by molar-refractivity contribution is 0.139. The molecule has 0 aliphatic carbocycles. The molecule has 0 aromatic heterocycles. The smallest absolute Gasteiger partial charge is 0.321 e. The number of amides is 2. The maximum Gasteiger partial charge on any atom is 0.321 e. The molecule has 0 radical (unpaired) electrons. The second-order valence-electron chi connectivity index (χ2n) is 4.15. The molecule has 1 saturated heterocycles. The van der Waals surface area contributed by atoms with Gasteiger partial charge < -0.3 is 4.90 Å². The predicted octanol–water partition coefficient (Wildman–Crippen LogP) is 1.19. The maximum absolute atomic E-state index is 12.0. The fourth-order valence-electron chi connectivity index (χ4n) is 1.93. The zero-order valence-corrected chi connectivity index (χ0v) is 9.52. The van der Waals surface area contributed by atoms with Crippen LogP contribution < -0.4 is 0 Å². The van der Waals surface area contributed by atoms with Gasteiger partial charge in [0.05, 0.1) is 12.1 Å². The minimum Gasteiger partial charge on any atom is -0.324 e. The molecule has 86 valence electrons. The van der Waals surface area contributed by atoms with Crippen molar-refractivity contribution in [2.24, 2.45) is 5.92 Å². The summed E-state index contributed by atoms with van der Waals surface area (Å²) in [5, 5.41) is 17.2. The largest absolute Gasteiger partial charge is 0.324 e. The van der Waals surface area contributed by atoms with Gasteiger partial charge in [0.15, 0.2) is 0 Å². The molecule has 0 spiro atoms. The molecular weight excluding hydrogens is 204 g/mol. The van der Waals surface area contributed by atoms with E-state index in [-0.39, 0.29) is 19.1 Å². The average molecular weight is 220 g/mol. The van der Waals surface area contributed by atoms with Crippen LogP contribution in [-0.2, 0) is 0 Å². The summed E-state index contributed by atoms with van der Waals surface area (Å²) < 4.78 is 0. The molecule has 1 unspecified atom stereocenters. The summed E-state index contributed by atoms with van der Waals surface area (Å²) in [4.78, 5) is 15.0. The monoisotopic (exact) mass is 220 g/mol. The van der Waals surface area contributed by atoms with Crippen molar-refractivity contribution in [3.8, 4) is 12.1 Å². The van der Waals surface area contributed by atoms with Gasteiger partial charge in [0.2, 0.25) is 0 Å². The van der Waals surface area contributed by atoms with Gasteiger partial charge in [-0.1, -0.05) is 6.92 Å². The van der Waals surface area contributed by atoms with Crippen LogP contribution in [0.2, 0.25) is 0 Å². The van der Waals surface area contributed by atoms with Gasteiger partial charge in [-0.3, -0.25) is 4.90 Å². The van der Waals surface area contributed by atoms with Gasteiger partial charge in [-0.15, -0.1) is 0 Å². The van der Waals surface area contributed by atoms with Crippen LogP contribution in [0.3, 0.4) is 0 Å². The lowest BCUT2D eigenvalue weighted by Gasteiger charge is -2.33. The molecule has 0 saturated carbocycles. The van der Waals surface area contributed by atoms with Gasteiger partial charge in [0, 0.05) is 13.1 Å². The molecule has 1 aliphatic rings. The molecule has 1 atom stereocenters. The Hall–Kier alpha value is -1.75. The predicted molar refractivity (Wildman–Crippen MR) is 58.2 cm³/mol. The number of rotatable bonds is 2. The van der Waals surface area contributed by atoms with Crippen LogP contribution in [0.25, 0.3) is 0 Å². The first-order chi connectivity index (χ1) is 7.69. The Labute approximate surface area is 95.8 Å². The Morgan fingerprint density at radius 3 is 2.56 bits per heavy atom. The highest BCUT2D eigenvalue weighted by Crippen LogP contribution is 2.16. The molecule has 5 nitrogen and oxygen atoms in total. The quantitative estimate of drug-likeness (QED) is 0.656. The van der Waals surface area contributed by atoms with Gasteiger partial charge in [0.25, 0.3) is 0 Å². The molecule has 5 heteroatoms. The number of carbonyl (C=O) groups is 1. The van der Waals surface area contributed by atoms with Crippen molar-refractivity contribution in [2.45, 2.75) is 19.8 Å². The van der Waals surface area contributed by atoms with Crippen molar-refractivity contribution >= 4 is 6.03 Å². The molecule has 0 aromatic rings. The Kier molecular flexibility index (Phi) is 4.60. The minimum absolute atomic E-state index is 0.0166. The topological polar surface area (TPSA) is 71.1 Å². The number of urea groups is 1. The van der Waals surface area contributed by atoms with Crippen molar-refractivity contribution < 1.29 is 4.79 Å². The highest BCUT2D eigenvalue weighted by Gasteiger charge is 2.24. The van der Waals surface area contributed by atoms with Crippen molar-refractivity contribution in [2.75, 3.05) is 26.2 Å². The summed E-state index contributed by atoms with van der Waals surface area (Å²) in [5.74, 6) is 0.503. The van der Waals surface area contributed by atoms with E-state index in [4.69, 9.17) is 10.5 Å². The van der Waals surface area contributed by atoms with Crippen LogP contribution in [0.1, 0.15) is 19.8 Å². The van der Waals surface area contributed by atoms with Crippen LogP contribution in [0, 0.1) is 28.6 Å². The summed E-state index contributed by atoms with van der Waals surface area (Å²) in [6.45, 7) is 3.54. The molecule has 1 fully saturated rings. The zero-order valence-electron chi connectivity index (χ0n) is 9.52. The third kappa shape index (κ3) is 3.13. The molecule has 0 N–H and O–H groups in total. The Morgan fingerprint density at radius 1 is 1.44 bits per heavy atom. The number of carbonyl (C=O) groups excluding carboxylic acids is 1. The molecule has 1 rings (SSSR count). The highest BCUT2D eigenvalue weighted by atomic mass is 16.2. The molecule has 16 heavy (non-hydrogen) atoms. The number of hydrogen-bond acceptors (Lipinski definition) is 3. The zero-order chi connectivity index (χ0) is 12.0. The van der Waals surface area contributed by atoms with E-state index in [1.807, 2.05) is 12.1 Å². The Morgan fingerprint density at radius 2 is 2.06 bits per heavy atom. The second kappa shape index (κ2) is 5.97. The normalized spacial score (nSPS) is 19.7. The van der Waals surface area contributed by atoms with E-state index in [1.165, 1.54) is 4.90 Å². The Balaban J connectivity index is 2.60. The van der Waals surface area contributed by atoms with E-state index in [0.717, 1.165) is 25.9 Å². The highest BCUT2D eigenvalue weighted by molar-refractivity contribution is 5.75. The van der Waals surface area contributed by atoms with E-state index in [0.29, 0.717) is 5.92 Å². The molecular formula is C11H16N4O. The van der Waals surface area contributed by atoms with Crippen LogP contribution in [0.15, 0.2) is 0 Å². The number of hydrogen-bond donors (Lipinski definition) is 0. The van der Waals surface area contributed by atoms with E-state index in [9.17, 15) is 4.79 Å². The summed E-state index contributed by atoms with van der Waals surface area (Å²) in [6.07, 6.45) is 2.14. The lowest BCUT2D eigenvalue weighted by atomic mass is 10.0. The first-order valence-electron chi connectivity index (χ1n) is 5.46. The third-order valence-electron chi connectivity index (χ3n) is 2.72. The van der Waals surface area contributed by atoms with Crippen LogP contribution in [0.5, 0.6) is 0 Å². The van der Waals surface area contributed by atoms with E-state index in [1.54, 1.807) is 4.90 Å². The van der Waals surface area contributed by atoms with E-state index < -0.39 is 0 Å². The average Bonchev–Trinajstić information content (AvgIpc) is 2.28. The van der Waals surface area contributed by atoms with Gasteiger partial charge >= 0.3 is 6.03 Å². The first-order valence-corrected chi connectivity index (χ1v) is 5.46.